The molecular formula is C16H31NO. The van der Waals surface area contributed by atoms with Gasteiger partial charge in [-0.1, -0.05) is 41.5 Å². The molecule has 3 atom stereocenters. The van der Waals surface area contributed by atoms with E-state index in [4.69, 9.17) is 4.74 Å². The predicted molar refractivity (Wildman–Crippen MR) is 76.7 cm³/mol. The van der Waals surface area contributed by atoms with Crippen LogP contribution < -0.4 is 5.32 Å². The van der Waals surface area contributed by atoms with Crippen LogP contribution in [0.4, 0.5) is 0 Å². The van der Waals surface area contributed by atoms with Crippen molar-refractivity contribution in [3.8, 4) is 0 Å². The number of hydrogen-bond donors (Lipinski definition) is 1. The summed E-state index contributed by atoms with van der Waals surface area (Å²) in [5, 5.41) is 3.85. The van der Waals surface area contributed by atoms with E-state index in [1.165, 1.54) is 12.8 Å². The van der Waals surface area contributed by atoms with Crippen LogP contribution in [0.2, 0.25) is 0 Å². The Morgan fingerprint density at radius 1 is 1.33 bits per heavy atom. The molecule has 0 spiro atoms. The Morgan fingerprint density at radius 2 is 2.00 bits per heavy atom. The van der Waals surface area contributed by atoms with Gasteiger partial charge in [-0.05, 0) is 24.2 Å². The molecule has 2 aliphatic rings. The van der Waals surface area contributed by atoms with Gasteiger partial charge in [0.15, 0.2) is 0 Å². The van der Waals surface area contributed by atoms with Crippen molar-refractivity contribution in [2.45, 2.75) is 66.5 Å². The molecule has 106 valence electrons. The van der Waals surface area contributed by atoms with Gasteiger partial charge in [0.1, 0.15) is 0 Å². The van der Waals surface area contributed by atoms with Crippen molar-refractivity contribution in [3.05, 3.63) is 0 Å². The average molecular weight is 253 g/mol. The first kappa shape index (κ1) is 14.3. The molecule has 1 saturated carbocycles. The van der Waals surface area contributed by atoms with Gasteiger partial charge in [-0.3, -0.25) is 0 Å². The smallest absolute Gasteiger partial charge is 0.0684 e. The highest BCUT2D eigenvalue weighted by atomic mass is 16.5. The molecular weight excluding hydrogens is 222 g/mol. The van der Waals surface area contributed by atoms with Crippen LogP contribution in [-0.4, -0.2) is 25.3 Å². The minimum Gasteiger partial charge on any atom is -0.377 e. The van der Waals surface area contributed by atoms with Gasteiger partial charge in [0.25, 0.3) is 0 Å². The molecule has 1 N–H and O–H groups in total. The van der Waals surface area contributed by atoms with Gasteiger partial charge in [0.05, 0.1) is 6.10 Å². The summed E-state index contributed by atoms with van der Waals surface area (Å²) in [7, 11) is 0. The van der Waals surface area contributed by atoms with E-state index in [9.17, 15) is 0 Å². The molecule has 1 saturated heterocycles. The first-order valence-corrected chi connectivity index (χ1v) is 7.62. The minimum atomic E-state index is 0.304. The molecule has 1 heterocycles. The molecule has 18 heavy (non-hydrogen) atoms. The summed E-state index contributed by atoms with van der Waals surface area (Å²) < 4.78 is 5.96. The second kappa shape index (κ2) is 4.79. The van der Waals surface area contributed by atoms with Crippen molar-refractivity contribution in [2.75, 3.05) is 13.2 Å². The fourth-order valence-corrected chi connectivity index (χ4v) is 3.51. The first-order valence-electron chi connectivity index (χ1n) is 7.62. The highest BCUT2D eigenvalue weighted by Crippen LogP contribution is 2.51. The zero-order valence-corrected chi connectivity index (χ0v) is 13.0. The SMILES string of the molecule is CC(C)C(C)(C)CNC1C2CCCOC2C1(C)C. The monoisotopic (exact) mass is 253 g/mol. The fraction of sp³-hybridized carbons (Fsp3) is 1.00. The predicted octanol–water partition coefficient (Wildman–Crippen LogP) is 3.46. The van der Waals surface area contributed by atoms with Crippen molar-refractivity contribution in [3.63, 3.8) is 0 Å². The fourth-order valence-electron chi connectivity index (χ4n) is 3.51. The quantitative estimate of drug-likeness (QED) is 0.828. The van der Waals surface area contributed by atoms with Crippen LogP contribution in [0.15, 0.2) is 0 Å². The summed E-state index contributed by atoms with van der Waals surface area (Å²) in [5.41, 5.74) is 0.675. The Bertz CT molecular complexity index is 295. The highest BCUT2D eigenvalue weighted by Gasteiger charge is 2.57. The molecule has 0 radical (unpaired) electrons. The van der Waals surface area contributed by atoms with Gasteiger partial charge in [0.2, 0.25) is 0 Å². The molecule has 0 amide bonds. The van der Waals surface area contributed by atoms with Gasteiger partial charge in [-0.15, -0.1) is 0 Å². The summed E-state index contributed by atoms with van der Waals surface area (Å²) in [5.74, 6) is 1.46. The Labute approximate surface area is 113 Å². The van der Waals surface area contributed by atoms with E-state index in [0.717, 1.165) is 19.1 Å². The molecule has 0 bridgehead atoms. The number of nitrogens with one attached hydrogen (secondary N) is 1. The van der Waals surface area contributed by atoms with E-state index in [1.807, 2.05) is 0 Å². The Hall–Kier alpha value is -0.0800. The van der Waals surface area contributed by atoms with Crippen molar-refractivity contribution >= 4 is 0 Å². The van der Waals surface area contributed by atoms with E-state index in [1.54, 1.807) is 0 Å². The molecule has 1 aliphatic heterocycles. The van der Waals surface area contributed by atoms with Crippen LogP contribution in [0.1, 0.15) is 54.4 Å². The molecule has 0 aromatic heterocycles. The lowest BCUT2D eigenvalue weighted by molar-refractivity contribution is -0.193. The van der Waals surface area contributed by atoms with Crippen LogP contribution in [0, 0.1) is 22.7 Å². The van der Waals surface area contributed by atoms with Crippen LogP contribution in [0.5, 0.6) is 0 Å². The summed E-state index contributed by atoms with van der Waals surface area (Å²) in [4.78, 5) is 0. The molecule has 3 unspecified atom stereocenters. The lowest BCUT2D eigenvalue weighted by atomic mass is 9.55. The van der Waals surface area contributed by atoms with Gasteiger partial charge in [-0.2, -0.15) is 0 Å². The number of fused-ring (bicyclic) bond motifs is 1. The van der Waals surface area contributed by atoms with E-state index in [-0.39, 0.29) is 0 Å². The zero-order valence-electron chi connectivity index (χ0n) is 13.0. The molecule has 0 aromatic rings. The summed E-state index contributed by atoms with van der Waals surface area (Å²) >= 11 is 0. The standard InChI is InChI=1S/C16H31NO/c1-11(2)15(3,4)10-17-13-12-8-7-9-18-14(12)16(13,5)6/h11-14,17H,7-10H2,1-6H3. The summed E-state index contributed by atoms with van der Waals surface area (Å²) in [6.07, 6.45) is 3.07. The van der Waals surface area contributed by atoms with Gasteiger partial charge in [-0.25, -0.2) is 0 Å². The topological polar surface area (TPSA) is 21.3 Å². The van der Waals surface area contributed by atoms with E-state index >= 15 is 0 Å². The van der Waals surface area contributed by atoms with Crippen LogP contribution in [0.25, 0.3) is 0 Å². The maximum Gasteiger partial charge on any atom is 0.0684 e. The summed E-state index contributed by atoms with van der Waals surface area (Å²) in [6, 6.07) is 0.640. The van der Waals surface area contributed by atoms with Crippen LogP contribution >= 0.6 is 0 Å². The molecule has 2 nitrogen and oxygen atoms in total. The average Bonchev–Trinajstić information content (AvgIpc) is 2.28. The third kappa shape index (κ3) is 2.34. The van der Waals surface area contributed by atoms with Gasteiger partial charge >= 0.3 is 0 Å². The number of ether oxygens (including phenoxy) is 1. The maximum atomic E-state index is 5.96. The molecule has 2 rings (SSSR count). The number of rotatable bonds is 4. The third-order valence-corrected chi connectivity index (χ3v) is 5.67. The van der Waals surface area contributed by atoms with E-state index in [2.05, 4.69) is 46.9 Å². The van der Waals surface area contributed by atoms with Crippen LogP contribution in [0.3, 0.4) is 0 Å². The minimum absolute atomic E-state index is 0.304. The largest absolute Gasteiger partial charge is 0.377 e. The third-order valence-electron chi connectivity index (χ3n) is 5.67. The molecule has 2 heteroatoms. The van der Waals surface area contributed by atoms with Crippen molar-refractivity contribution in [1.29, 1.82) is 0 Å². The second-order valence-electron chi connectivity index (χ2n) is 7.92. The summed E-state index contributed by atoms with van der Waals surface area (Å²) in [6.45, 7) is 16.2. The normalized spacial score (nSPS) is 35.2. The van der Waals surface area contributed by atoms with Crippen LogP contribution in [-0.2, 0) is 4.74 Å². The molecule has 2 fully saturated rings. The van der Waals surface area contributed by atoms with Crippen molar-refractivity contribution in [1.82, 2.24) is 5.32 Å². The van der Waals surface area contributed by atoms with E-state index in [0.29, 0.717) is 28.9 Å². The molecule has 0 aromatic carbocycles. The second-order valence-corrected chi connectivity index (χ2v) is 7.92. The van der Waals surface area contributed by atoms with Gasteiger partial charge in [0, 0.05) is 30.5 Å². The zero-order chi connectivity index (χ0) is 13.6. The van der Waals surface area contributed by atoms with Crippen molar-refractivity contribution < 1.29 is 4.74 Å². The lowest BCUT2D eigenvalue weighted by Gasteiger charge is -2.60. The maximum absolute atomic E-state index is 5.96. The Balaban J connectivity index is 1.93. The van der Waals surface area contributed by atoms with Crippen molar-refractivity contribution in [2.24, 2.45) is 22.7 Å². The number of hydrogen-bond acceptors (Lipinski definition) is 2. The lowest BCUT2D eigenvalue weighted by Crippen LogP contribution is -2.70. The first-order chi connectivity index (χ1) is 8.27. The highest BCUT2D eigenvalue weighted by molar-refractivity contribution is 5.10. The molecule has 1 aliphatic carbocycles. The Morgan fingerprint density at radius 3 is 2.61 bits per heavy atom. The Kier molecular flexibility index (Phi) is 3.81. The van der Waals surface area contributed by atoms with E-state index < -0.39 is 0 Å². The van der Waals surface area contributed by atoms with Gasteiger partial charge < -0.3 is 10.1 Å².